The van der Waals surface area contributed by atoms with Crippen molar-refractivity contribution in [3.63, 3.8) is 0 Å². The van der Waals surface area contributed by atoms with Crippen LogP contribution in [-0.4, -0.2) is 33.0 Å². The van der Waals surface area contributed by atoms with E-state index in [0.717, 1.165) is 48.2 Å². The van der Waals surface area contributed by atoms with Crippen molar-refractivity contribution in [2.24, 2.45) is 5.73 Å². The van der Waals surface area contributed by atoms with Crippen molar-refractivity contribution in [1.82, 2.24) is 19.9 Å². The zero-order valence-electron chi connectivity index (χ0n) is 19.2. The number of nitrogens with zero attached hydrogens (tertiary/aromatic N) is 3. The summed E-state index contributed by atoms with van der Waals surface area (Å²) in [6.07, 6.45) is 7.63. The molecule has 0 spiro atoms. The van der Waals surface area contributed by atoms with Crippen LogP contribution in [0.3, 0.4) is 0 Å². The first kappa shape index (κ1) is 22.9. The minimum atomic E-state index is -0.568. The van der Waals surface area contributed by atoms with E-state index in [9.17, 15) is 14.0 Å². The number of carbonyl (C=O) groups is 2. The lowest BCUT2D eigenvalue weighted by atomic mass is 9.69. The van der Waals surface area contributed by atoms with Gasteiger partial charge in [-0.15, -0.1) is 0 Å². The van der Waals surface area contributed by atoms with Gasteiger partial charge in [-0.2, -0.15) is 5.10 Å². The third-order valence-electron chi connectivity index (χ3n) is 6.97. The van der Waals surface area contributed by atoms with Gasteiger partial charge in [0.15, 0.2) is 5.65 Å². The van der Waals surface area contributed by atoms with Gasteiger partial charge in [0.2, 0.25) is 5.91 Å². The summed E-state index contributed by atoms with van der Waals surface area (Å²) in [6.45, 7) is 4.32. The van der Waals surface area contributed by atoms with Gasteiger partial charge in [0.05, 0.1) is 6.20 Å². The van der Waals surface area contributed by atoms with Crippen LogP contribution in [0.1, 0.15) is 71.4 Å². The van der Waals surface area contributed by atoms with Crippen LogP contribution in [0.5, 0.6) is 0 Å². The predicted molar refractivity (Wildman–Crippen MR) is 123 cm³/mol. The molecule has 0 bridgehead atoms. The maximum atomic E-state index is 13.5. The quantitative estimate of drug-likeness (QED) is 0.574. The Balaban J connectivity index is 1.45. The minimum absolute atomic E-state index is 0.0285. The molecule has 3 N–H and O–H groups in total. The van der Waals surface area contributed by atoms with Crippen LogP contribution in [0.25, 0.3) is 5.65 Å². The Bertz CT molecular complexity index is 1180. The SMILES string of the molecule is Cc1nc2c(C(N)=O)cnn2c(C)c1CCC(=O)NCC1(c2ccc(F)cc2)CCCCC1. The van der Waals surface area contributed by atoms with Crippen molar-refractivity contribution in [2.45, 2.75) is 64.2 Å². The van der Waals surface area contributed by atoms with Crippen molar-refractivity contribution in [1.29, 1.82) is 0 Å². The fourth-order valence-corrected chi connectivity index (χ4v) is 5.04. The standard InChI is InChI=1S/C25H30FN5O2/c1-16-20(17(2)31-24(30-16)21(14-29-31)23(27)33)10-11-22(32)28-15-25(12-4-3-5-13-25)18-6-8-19(26)9-7-18/h6-9,14H,3-5,10-13,15H2,1-2H3,(H2,27,33)(H,28,32). The zero-order valence-corrected chi connectivity index (χ0v) is 19.2. The molecule has 1 fully saturated rings. The number of hydrogen-bond donors (Lipinski definition) is 2. The molecule has 33 heavy (non-hydrogen) atoms. The number of aromatic nitrogens is 3. The van der Waals surface area contributed by atoms with Crippen LogP contribution < -0.4 is 11.1 Å². The number of amides is 2. The molecule has 0 aliphatic heterocycles. The van der Waals surface area contributed by atoms with Gasteiger partial charge in [0.25, 0.3) is 5.91 Å². The molecule has 2 heterocycles. The maximum absolute atomic E-state index is 13.5. The molecule has 1 aromatic carbocycles. The van der Waals surface area contributed by atoms with Crippen LogP contribution in [0, 0.1) is 19.7 Å². The molecule has 1 aliphatic carbocycles. The molecular weight excluding hydrogens is 421 g/mol. The van der Waals surface area contributed by atoms with E-state index in [1.165, 1.54) is 24.8 Å². The van der Waals surface area contributed by atoms with Crippen LogP contribution in [0.2, 0.25) is 0 Å². The smallest absolute Gasteiger partial charge is 0.254 e. The Morgan fingerprint density at radius 1 is 1.15 bits per heavy atom. The van der Waals surface area contributed by atoms with Gasteiger partial charge in [-0.05, 0) is 56.4 Å². The van der Waals surface area contributed by atoms with E-state index in [0.29, 0.717) is 25.0 Å². The number of nitrogens with one attached hydrogen (secondary N) is 1. The first-order chi connectivity index (χ1) is 15.8. The van der Waals surface area contributed by atoms with Gasteiger partial charge in [0.1, 0.15) is 11.4 Å². The van der Waals surface area contributed by atoms with Crippen molar-refractivity contribution in [3.8, 4) is 0 Å². The van der Waals surface area contributed by atoms with Crippen molar-refractivity contribution >= 4 is 17.5 Å². The lowest BCUT2D eigenvalue weighted by molar-refractivity contribution is -0.121. The second-order valence-corrected chi connectivity index (χ2v) is 9.04. The summed E-state index contributed by atoms with van der Waals surface area (Å²) in [5, 5.41) is 7.38. The Kier molecular flexibility index (Phi) is 6.44. The summed E-state index contributed by atoms with van der Waals surface area (Å²) in [5.74, 6) is -0.842. The molecule has 0 unspecified atom stereocenters. The molecule has 4 rings (SSSR count). The van der Waals surface area contributed by atoms with Gasteiger partial charge in [-0.1, -0.05) is 31.4 Å². The zero-order chi connectivity index (χ0) is 23.6. The first-order valence-corrected chi connectivity index (χ1v) is 11.5. The van der Waals surface area contributed by atoms with E-state index >= 15 is 0 Å². The average molecular weight is 452 g/mol. The molecule has 2 aromatic heterocycles. The highest BCUT2D eigenvalue weighted by Crippen LogP contribution is 2.39. The third kappa shape index (κ3) is 4.60. The molecule has 0 atom stereocenters. The normalized spacial score (nSPS) is 15.5. The van der Waals surface area contributed by atoms with Crippen LogP contribution >= 0.6 is 0 Å². The molecule has 0 saturated heterocycles. The number of fused-ring (bicyclic) bond motifs is 1. The second kappa shape index (κ2) is 9.29. The number of halogens is 1. The number of carbonyl (C=O) groups excluding carboxylic acids is 2. The van der Waals surface area contributed by atoms with Crippen LogP contribution in [0.4, 0.5) is 4.39 Å². The van der Waals surface area contributed by atoms with Gasteiger partial charge in [-0.25, -0.2) is 13.9 Å². The fraction of sp³-hybridized carbons (Fsp3) is 0.440. The average Bonchev–Trinajstić information content (AvgIpc) is 3.23. The van der Waals surface area contributed by atoms with Crippen molar-refractivity contribution in [3.05, 3.63) is 64.4 Å². The summed E-state index contributed by atoms with van der Waals surface area (Å²) < 4.78 is 15.1. The molecule has 8 heteroatoms. The minimum Gasteiger partial charge on any atom is -0.365 e. The van der Waals surface area contributed by atoms with Crippen molar-refractivity contribution < 1.29 is 14.0 Å². The van der Waals surface area contributed by atoms with E-state index < -0.39 is 5.91 Å². The van der Waals surface area contributed by atoms with Crippen molar-refractivity contribution in [2.75, 3.05) is 6.54 Å². The largest absolute Gasteiger partial charge is 0.365 e. The van der Waals surface area contributed by atoms with E-state index in [-0.39, 0.29) is 22.7 Å². The number of benzene rings is 1. The highest BCUT2D eigenvalue weighted by molar-refractivity contribution is 5.98. The summed E-state index contributed by atoms with van der Waals surface area (Å²) in [4.78, 5) is 28.9. The van der Waals surface area contributed by atoms with Gasteiger partial charge >= 0.3 is 0 Å². The topological polar surface area (TPSA) is 102 Å². The summed E-state index contributed by atoms with van der Waals surface area (Å²) in [7, 11) is 0. The lowest BCUT2D eigenvalue weighted by Crippen LogP contribution is -2.42. The highest BCUT2D eigenvalue weighted by atomic mass is 19.1. The summed E-state index contributed by atoms with van der Waals surface area (Å²) in [5.41, 5.74) is 9.60. The molecule has 0 radical (unpaired) electrons. The Hall–Kier alpha value is -3.29. The van der Waals surface area contributed by atoms with E-state index in [1.54, 1.807) is 4.52 Å². The van der Waals surface area contributed by atoms with Gasteiger partial charge in [0, 0.05) is 29.8 Å². The molecule has 1 saturated carbocycles. The highest BCUT2D eigenvalue weighted by Gasteiger charge is 2.34. The van der Waals surface area contributed by atoms with Gasteiger partial charge < -0.3 is 11.1 Å². The maximum Gasteiger partial charge on any atom is 0.254 e. The molecule has 1 aliphatic rings. The monoisotopic (exact) mass is 451 g/mol. The molecule has 2 amide bonds. The Morgan fingerprint density at radius 3 is 2.52 bits per heavy atom. The Morgan fingerprint density at radius 2 is 1.85 bits per heavy atom. The van der Waals surface area contributed by atoms with Crippen LogP contribution in [-0.2, 0) is 16.6 Å². The lowest BCUT2D eigenvalue weighted by Gasteiger charge is -2.38. The number of nitrogens with two attached hydrogens (primary N) is 1. The Labute approximate surface area is 192 Å². The molecule has 3 aromatic rings. The third-order valence-corrected chi connectivity index (χ3v) is 6.97. The molecule has 174 valence electrons. The van der Waals surface area contributed by atoms with E-state index in [2.05, 4.69) is 15.4 Å². The number of hydrogen-bond acceptors (Lipinski definition) is 4. The van der Waals surface area contributed by atoms with E-state index in [1.807, 2.05) is 26.0 Å². The summed E-state index contributed by atoms with van der Waals surface area (Å²) >= 11 is 0. The number of aryl methyl sites for hydroxylation is 2. The predicted octanol–water partition coefficient (Wildman–Crippen LogP) is 3.54. The number of primary amides is 1. The summed E-state index contributed by atoms with van der Waals surface area (Å²) in [6, 6.07) is 6.71. The fourth-order valence-electron chi connectivity index (χ4n) is 5.04. The first-order valence-electron chi connectivity index (χ1n) is 11.5. The molecular formula is C25H30FN5O2. The molecule has 7 nitrogen and oxygen atoms in total. The van der Waals surface area contributed by atoms with Gasteiger partial charge in [-0.3, -0.25) is 9.59 Å². The number of rotatable bonds is 7. The van der Waals surface area contributed by atoms with Crippen LogP contribution in [0.15, 0.2) is 30.5 Å². The second-order valence-electron chi connectivity index (χ2n) is 9.04. The van der Waals surface area contributed by atoms with E-state index in [4.69, 9.17) is 5.73 Å².